The number of hydrogen-bond acceptors (Lipinski definition) is 3. The number of carboxylic acid groups (broad SMARTS) is 1. The Labute approximate surface area is 125 Å². The smallest absolute Gasteiger partial charge is 0.228 e. The first-order valence-electron chi connectivity index (χ1n) is 6.52. The van der Waals surface area contributed by atoms with Crippen molar-refractivity contribution in [3.05, 3.63) is 40.9 Å². The molecule has 5 heteroatoms. The van der Waals surface area contributed by atoms with E-state index in [1.54, 1.807) is 6.07 Å². The first kappa shape index (κ1) is 13.4. The van der Waals surface area contributed by atoms with Gasteiger partial charge in [-0.1, -0.05) is 24.3 Å². The van der Waals surface area contributed by atoms with E-state index in [1.165, 1.54) is 0 Å². The molecule has 4 atom stereocenters. The third-order valence-electron chi connectivity index (χ3n) is 4.17. The van der Waals surface area contributed by atoms with E-state index in [0.29, 0.717) is 5.69 Å². The molecule has 0 aromatic heterocycles. The summed E-state index contributed by atoms with van der Waals surface area (Å²) >= 11 is 3.36. The third-order valence-corrected chi connectivity index (χ3v) is 4.86. The predicted octanol–water partition coefficient (Wildman–Crippen LogP) is 1.58. The van der Waals surface area contributed by atoms with Crippen LogP contribution >= 0.6 is 15.9 Å². The molecule has 2 bridgehead atoms. The van der Waals surface area contributed by atoms with Crippen molar-refractivity contribution in [2.45, 2.75) is 6.42 Å². The number of halogens is 1. The Hall–Kier alpha value is -1.62. The summed E-state index contributed by atoms with van der Waals surface area (Å²) in [6.07, 6.45) is 4.58. The lowest BCUT2D eigenvalue weighted by Gasteiger charge is -2.27. The van der Waals surface area contributed by atoms with E-state index in [4.69, 9.17) is 0 Å². The zero-order valence-corrected chi connectivity index (χ0v) is 12.2. The molecule has 2 aliphatic rings. The number of aliphatic carboxylic acids is 1. The topological polar surface area (TPSA) is 69.2 Å². The first-order chi connectivity index (χ1) is 9.58. The highest BCUT2D eigenvalue weighted by atomic mass is 79.9. The second-order valence-electron chi connectivity index (χ2n) is 5.29. The Kier molecular flexibility index (Phi) is 3.38. The molecule has 0 radical (unpaired) electrons. The number of anilines is 1. The van der Waals surface area contributed by atoms with Crippen LogP contribution in [0.25, 0.3) is 0 Å². The summed E-state index contributed by atoms with van der Waals surface area (Å²) < 4.78 is 0.775. The number of allylic oxidation sites excluding steroid dienone is 2. The minimum atomic E-state index is -1.13. The molecule has 0 heterocycles. The van der Waals surface area contributed by atoms with Crippen LogP contribution in [0.5, 0.6) is 0 Å². The average molecular weight is 335 g/mol. The lowest BCUT2D eigenvalue weighted by molar-refractivity contribution is -0.313. The zero-order chi connectivity index (χ0) is 14.3. The van der Waals surface area contributed by atoms with Gasteiger partial charge in [0.2, 0.25) is 5.91 Å². The molecule has 3 rings (SSSR count). The average Bonchev–Trinajstić information content (AvgIpc) is 3.01. The fourth-order valence-corrected chi connectivity index (χ4v) is 3.66. The second-order valence-corrected chi connectivity index (χ2v) is 6.14. The summed E-state index contributed by atoms with van der Waals surface area (Å²) in [6.45, 7) is 0. The highest BCUT2D eigenvalue weighted by molar-refractivity contribution is 9.10. The number of carbonyl (C=O) groups excluding carboxylic acids is 2. The molecule has 0 unspecified atom stereocenters. The first-order valence-corrected chi connectivity index (χ1v) is 7.32. The second kappa shape index (κ2) is 5.05. The van der Waals surface area contributed by atoms with Crippen LogP contribution in [-0.2, 0) is 9.59 Å². The van der Waals surface area contributed by atoms with E-state index in [-0.39, 0.29) is 17.7 Å². The van der Waals surface area contributed by atoms with E-state index in [1.807, 2.05) is 30.4 Å². The summed E-state index contributed by atoms with van der Waals surface area (Å²) in [6, 6.07) is 7.27. The van der Waals surface area contributed by atoms with E-state index >= 15 is 0 Å². The fraction of sp³-hybridized carbons (Fsp3) is 0.333. The van der Waals surface area contributed by atoms with Gasteiger partial charge in [-0.3, -0.25) is 4.79 Å². The van der Waals surface area contributed by atoms with Gasteiger partial charge in [0.15, 0.2) is 0 Å². The van der Waals surface area contributed by atoms with Crippen LogP contribution in [-0.4, -0.2) is 11.9 Å². The number of fused-ring (bicyclic) bond motifs is 2. The normalized spacial score (nSPS) is 30.4. The third kappa shape index (κ3) is 2.16. The molecule has 1 fully saturated rings. The van der Waals surface area contributed by atoms with E-state index < -0.39 is 17.8 Å². The van der Waals surface area contributed by atoms with Crippen molar-refractivity contribution in [1.82, 2.24) is 0 Å². The summed E-state index contributed by atoms with van der Waals surface area (Å²) in [5.74, 6) is -2.70. The number of amides is 1. The maximum absolute atomic E-state index is 12.4. The zero-order valence-electron chi connectivity index (χ0n) is 10.6. The maximum Gasteiger partial charge on any atom is 0.228 e. The minimum Gasteiger partial charge on any atom is -0.550 e. The molecule has 104 valence electrons. The van der Waals surface area contributed by atoms with Crippen molar-refractivity contribution in [2.75, 3.05) is 5.32 Å². The SMILES string of the molecule is O=C([O-])[C@@H]1[C@@H](C(=O)Nc2ccccc2Br)[C@H]2C=C[C@H]1C2. The van der Waals surface area contributed by atoms with Gasteiger partial charge in [0.1, 0.15) is 0 Å². The van der Waals surface area contributed by atoms with Crippen LogP contribution in [0.2, 0.25) is 0 Å². The Bertz CT molecular complexity index is 599. The number of carboxylic acids is 1. The Balaban J connectivity index is 1.82. The standard InChI is InChI=1S/C15H14BrNO3/c16-10-3-1-2-4-11(10)17-14(18)12-8-5-6-9(7-8)13(12)15(19)20/h1-6,8-9,12-13H,7H2,(H,17,18)(H,19,20)/p-1/t8-,9-,12-,13-/m0/s1. The van der Waals surface area contributed by atoms with Gasteiger partial charge < -0.3 is 15.2 Å². The lowest BCUT2D eigenvalue weighted by atomic mass is 9.82. The molecule has 1 N–H and O–H groups in total. The Morgan fingerprint density at radius 2 is 1.80 bits per heavy atom. The van der Waals surface area contributed by atoms with Gasteiger partial charge in [-0.15, -0.1) is 0 Å². The molecule has 2 aliphatic carbocycles. The van der Waals surface area contributed by atoms with Crippen molar-refractivity contribution in [2.24, 2.45) is 23.7 Å². The molecule has 0 aliphatic heterocycles. The number of para-hydroxylation sites is 1. The Morgan fingerprint density at radius 3 is 2.45 bits per heavy atom. The van der Waals surface area contributed by atoms with Gasteiger partial charge in [-0.2, -0.15) is 0 Å². The summed E-state index contributed by atoms with van der Waals surface area (Å²) in [5.41, 5.74) is 0.654. The Morgan fingerprint density at radius 1 is 1.15 bits per heavy atom. The van der Waals surface area contributed by atoms with Crippen LogP contribution in [0.1, 0.15) is 6.42 Å². The van der Waals surface area contributed by atoms with Crippen LogP contribution < -0.4 is 10.4 Å². The van der Waals surface area contributed by atoms with Crippen LogP contribution in [0.3, 0.4) is 0 Å². The quantitative estimate of drug-likeness (QED) is 0.853. The van der Waals surface area contributed by atoms with Gasteiger partial charge in [0.05, 0.1) is 11.6 Å². The van der Waals surface area contributed by atoms with E-state index in [9.17, 15) is 14.7 Å². The number of nitrogens with one attached hydrogen (secondary N) is 1. The molecule has 20 heavy (non-hydrogen) atoms. The molecule has 1 amide bonds. The summed E-state index contributed by atoms with van der Waals surface area (Å²) in [7, 11) is 0. The summed E-state index contributed by atoms with van der Waals surface area (Å²) in [5, 5.41) is 14.1. The minimum absolute atomic E-state index is 0.00499. The highest BCUT2D eigenvalue weighted by Crippen LogP contribution is 2.48. The van der Waals surface area contributed by atoms with Crippen molar-refractivity contribution in [1.29, 1.82) is 0 Å². The highest BCUT2D eigenvalue weighted by Gasteiger charge is 2.48. The lowest BCUT2D eigenvalue weighted by Crippen LogP contribution is -2.42. The van der Waals surface area contributed by atoms with Crippen molar-refractivity contribution >= 4 is 33.5 Å². The monoisotopic (exact) mass is 334 g/mol. The summed E-state index contributed by atoms with van der Waals surface area (Å²) in [4.78, 5) is 23.7. The molecule has 0 spiro atoms. The van der Waals surface area contributed by atoms with Crippen molar-refractivity contribution < 1.29 is 14.7 Å². The van der Waals surface area contributed by atoms with Gasteiger partial charge in [-0.25, -0.2) is 0 Å². The number of carbonyl (C=O) groups is 2. The van der Waals surface area contributed by atoms with E-state index in [2.05, 4.69) is 21.2 Å². The van der Waals surface area contributed by atoms with Gasteiger partial charge in [0, 0.05) is 16.4 Å². The predicted molar refractivity (Wildman–Crippen MR) is 75.5 cm³/mol. The maximum atomic E-state index is 12.4. The molecule has 1 aromatic carbocycles. The number of rotatable bonds is 3. The molecule has 0 saturated heterocycles. The molecule has 4 nitrogen and oxygen atoms in total. The number of hydrogen-bond donors (Lipinski definition) is 1. The van der Waals surface area contributed by atoms with Crippen molar-refractivity contribution in [3.8, 4) is 0 Å². The van der Waals surface area contributed by atoms with Crippen LogP contribution in [0.4, 0.5) is 5.69 Å². The molecule has 1 saturated carbocycles. The van der Waals surface area contributed by atoms with E-state index in [0.717, 1.165) is 10.9 Å². The van der Waals surface area contributed by atoms with Gasteiger partial charge >= 0.3 is 0 Å². The van der Waals surface area contributed by atoms with Crippen molar-refractivity contribution in [3.63, 3.8) is 0 Å². The molecule has 1 aromatic rings. The van der Waals surface area contributed by atoms with Gasteiger partial charge in [-0.05, 0) is 46.3 Å². The molecular formula is C15H13BrNO3-. The van der Waals surface area contributed by atoms with Gasteiger partial charge in [0.25, 0.3) is 0 Å². The number of benzene rings is 1. The van der Waals surface area contributed by atoms with Crippen LogP contribution in [0, 0.1) is 23.7 Å². The molecular weight excluding hydrogens is 322 g/mol. The largest absolute Gasteiger partial charge is 0.550 e. The fourth-order valence-electron chi connectivity index (χ4n) is 3.28. The van der Waals surface area contributed by atoms with Crippen LogP contribution in [0.15, 0.2) is 40.9 Å².